The zero-order valence-electron chi connectivity index (χ0n) is 16.9. The van der Waals surface area contributed by atoms with Crippen molar-refractivity contribution >= 4 is 12.4 Å². The number of piperidine rings is 1. The van der Waals surface area contributed by atoms with E-state index in [1.165, 1.54) is 30.4 Å². The lowest BCUT2D eigenvalue weighted by molar-refractivity contribution is -0.0454. The number of benzene rings is 1. The number of unbranched alkanes of at least 4 members (excludes halogenated alkanes) is 3. The van der Waals surface area contributed by atoms with Gasteiger partial charge in [-0.2, -0.15) is 0 Å². The summed E-state index contributed by atoms with van der Waals surface area (Å²) >= 11 is 0. The second-order valence-corrected chi connectivity index (χ2v) is 8.82. The molecular formula is C23H32ClNO3. The molecule has 1 spiro atoms. The van der Waals surface area contributed by atoms with Crippen LogP contribution in [0.15, 0.2) is 24.3 Å². The Bertz CT molecular complexity index is 766. The highest BCUT2D eigenvalue weighted by molar-refractivity contribution is 5.85. The third-order valence-corrected chi connectivity index (χ3v) is 7.39. The van der Waals surface area contributed by atoms with Crippen molar-refractivity contribution in [3.05, 3.63) is 35.4 Å². The van der Waals surface area contributed by atoms with Gasteiger partial charge in [-0.05, 0) is 44.5 Å². The lowest BCUT2D eigenvalue weighted by Crippen LogP contribution is -2.64. The molecule has 4 nitrogen and oxygen atoms in total. The van der Waals surface area contributed by atoms with E-state index >= 15 is 0 Å². The number of aliphatic hydroxyl groups excluding tert-OH is 1. The van der Waals surface area contributed by atoms with E-state index in [-0.39, 0.29) is 23.9 Å². The van der Waals surface area contributed by atoms with Gasteiger partial charge in [0, 0.05) is 22.9 Å². The topological polar surface area (TPSA) is 41.9 Å². The fourth-order valence-electron chi connectivity index (χ4n) is 6.05. The molecule has 5 unspecified atom stereocenters. The van der Waals surface area contributed by atoms with Crippen LogP contribution in [0, 0.1) is 5.92 Å². The molecule has 4 aliphatic rings. The first-order valence-electron chi connectivity index (χ1n) is 10.7. The minimum absolute atomic E-state index is 0. The first kappa shape index (κ1) is 20.1. The highest BCUT2D eigenvalue weighted by Gasteiger charge is 2.64. The van der Waals surface area contributed by atoms with E-state index in [2.05, 4.69) is 37.1 Å². The number of likely N-dealkylation sites (N-methyl/N-ethyl adjacent to an activating group) is 1. The van der Waals surface area contributed by atoms with Crippen LogP contribution in [-0.4, -0.2) is 48.5 Å². The fraction of sp³-hybridized carbons (Fsp3) is 0.652. The molecule has 0 saturated carbocycles. The highest BCUT2D eigenvalue weighted by Crippen LogP contribution is 2.62. The van der Waals surface area contributed by atoms with E-state index < -0.39 is 6.10 Å². The monoisotopic (exact) mass is 405 g/mol. The van der Waals surface area contributed by atoms with E-state index in [9.17, 15) is 5.11 Å². The summed E-state index contributed by atoms with van der Waals surface area (Å²) in [4.78, 5) is 2.49. The third-order valence-electron chi connectivity index (χ3n) is 7.39. The van der Waals surface area contributed by atoms with Crippen LogP contribution in [-0.2, 0) is 11.8 Å². The van der Waals surface area contributed by atoms with Gasteiger partial charge in [0.2, 0.25) is 0 Å². The summed E-state index contributed by atoms with van der Waals surface area (Å²) in [7, 11) is 2.24. The van der Waals surface area contributed by atoms with Gasteiger partial charge in [-0.3, -0.25) is 0 Å². The number of nitrogens with zero attached hydrogens (tertiary/aromatic N) is 1. The predicted molar refractivity (Wildman–Crippen MR) is 113 cm³/mol. The minimum Gasteiger partial charge on any atom is -0.490 e. The zero-order chi connectivity index (χ0) is 18.6. The zero-order valence-corrected chi connectivity index (χ0v) is 17.7. The predicted octanol–water partition coefficient (Wildman–Crippen LogP) is 3.87. The lowest BCUT2D eigenvalue weighted by atomic mass is 9.53. The Morgan fingerprint density at radius 1 is 1.25 bits per heavy atom. The molecule has 1 saturated heterocycles. The van der Waals surface area contributed by atoms with E-state index in [1.807, 2.05) is 6.08 Å². The van der Waals surface area contributed by atoms with E-state index in [0.717, 1.165) is 43.9 Å². The number of hydrogen-bond donors (Lipinski definition) is 1. The SMILES string of the molecule is CCCCCCOc1ccc2c3c1OC1C(O)C=CC4C(C2)N(C)CCC341.Cl. The molecule has 5 rings (SSSR count). The molecule has 154 valence electrons. The van der Waals surface area contributed by atoms with Crippen molar-refractivity contribution in [2.75, 3.05) is 20.2 Å². The Hall–Kier alpha value is -1.23. The number of ether oxygens (including phenoxy) is 2. The van der Waals surface area contributed by atoms with Gasteiger partial charge < -0.3 is 19.5 Å². The van der Waals surface area contributed by atoms with Crippen LogP contribution < -0.4 is 9.47 Å². The summed E-state index contributed by atoms with van der Waals surface area (Å²) in [5.74, 6) is 2.21. The largest absolute Gasteiger partial charge is 0.490 e. The van der Waals surface area contributed by atoms with Crippen molar-refractivity contribution in [3.63, 3.8) is 0 Å². The van der Waals surface area contributed by atoms with Gasteiger partial charge in [-0.25, -0.2) is 0 Å². The maximum absolute atomic E-state index is 10.8. The van der Waals surface area contributed by atoms with E-state index in [4.69, 9.17) is 9.47 Å². The van der Waals surface area contributed by atoms with Crippen molar-refractivity contribution in [1.82, 2.24) is 4.90 Å². The first-order chi connectivity index (χ1) is 13.2. The number of aliphatic hydroxyl groups is 1. The number of rotatable bonds is 6. The second-order valence-electron chi connectivity index (χ2n) is 8.82. The highest BCUT2D eigenvalue weighted by atomic mass is 35.5. The van der Waals surface area contributed by atoms with Gasteiger partial charge in [0.15, 0.2) is 11.5 Å². The molecule has 5 atom stereocenters. The number of hydrogen-bond acceptors (Lipinski definition) is 4. The molecule has 0 amide bonds. The Morgan fingerprint density at radius 2 is 2.11 bits per heavy atom. The van der Waals surface area contributed by atoms with Crippen LogP contribution in [0.3, 0.4) is 0 Å². The van der Waals surface area contributed by atoms with Gasteiger partial charge in [0.25, 0.3) is 0 Å². The Kier molecular flexibility index (Phi) is 5.41. The first-order valence-corrected chi connectivity index (χ1v) is 10.7. The molecule has 28 heavy (non-hydrogen) atoms. The molecule has 1 N–H and O–H groups in total. The van der Waals surface area contributed by atoms with Crippen LogP contribution in [0.5, 0.6) is 11.5 Å². The average Bonchev–Trinajstić information content (AvgIpc) is 3.02. The van der Waals surface area contributed by atoms with Crippen LogP contribution in [0.2, 0.25) is 0 Å². The molecule has 0 aromatic heterocycles. The summed E-state index contributed by atoms with van der Waals surface area (Å²) in [5.41, 5.74) is 2.65. The molecule has 1 aromatic carbocycles. The molecule has 2 bridgehead atoms. The quantitative estimate of drug-likeness (QED) is 0.576. The van der Waals surface area contributed by atoms with Gasteiger partial charge in [-0.15, -0.1) is 12.4 Å². The Morgan fingerprint density at radius 3 is 2.93 bits per heavy atom. The minimum atomic E-state index is -0.541. The van der Waals surface area contributed by atoms with E-state index in [1.54, 1.807) is 0 Å². The van der Waals surface area contributed by atoms with Crippen LogP contribution in [0.1, 0.15) is 50.2 Å². The molecule has 5 heteroatoms. The van der Waals surface area contributed by atoms with E-state index in [0.29, 0.717) is 12.0 Å². The molecule has 0 radical (unpaired) electrons. The lowest BCUT2D eigenvalue weighted by Gasteiger charge is -2.56. The molecule has 2 aliphatic heterocycles. The summed E-state index contributed by atoms with van der Waals surface area (Å²) in [5, 5.41) is 10.8. The van der Waals surface area contributed by atoms with Crippen molar-refractivity contribution < 1.29 is 14.6 Å². The molecule has 1 fully saturated rings. The van der Waals surface area contributed by atoms with Crippen LogP contribution in [0.25, 0.3) is 0 Å². The summed E-state index contributed by atoms with van der Waals surface area (Å²) < 4.78 is 12.7. The number of halogens is 1. The van der Waals surface area contributed by atoms with Gasteiger partial charge in [-0.1, -0.05) is 44.4 Å². The van der Waals surface area contributed by atoms with Gasteiger partial charge >= 0.3 is 0 Å². The van der Waals surface area contributed by atoms with Crippen molar-refractivity contribution in [2.45, 2.75) is 69.1 Å². The summed E-state index contributed by atoms with van der Waals surface area (Å²) in [6.07, 6.45) is 10.4. The van der Waals surface area contributed by atoms with Crippen molar-refractivity contribution in [1.29, 1.82) is 0 Å². The normalized spacial score (nSPS) is 34.4. The molecule has 2 heterocycles. The van der Waals surface area contributed by atoms with Crippen molar-refractivity contribution in [3.8, 4) is 11.5 Å². The van der Waals surface area contributed by atoms with Crippen molar-refractivity contribution in [2.24, 2.45) is 5.92 Å². The molecule has 1 aromatic rings. The second kappa shape index (κ2) is 7.55. The fourth-order valence-corrected chi connectivity index (χ4v) is 6.05. The van der Waals surface area contributed by atoms with Gasteiger partial charge in [0.1, 0.15) is 12.2 Å². The maximum Gasteiger partial charge on any atom is 0.165 e. The standard InChI is InChI=1S/C23H31NO3.ClH/c1-3-4-5-6-13-26-19-10-7-15-14-17-16-8-9-18(25)22-23(16,11-12-24(17)2)20(15)21(19)27-22;/h7-10,16-18,22,25H,3-6,11-14H2,1-2H3;1H. The summed E-state index contributed by atoms with van der Waals surface area (Å²) in [6, 6.07) is 4.84. The smallest absolute Gasteiger partial charge is 0.165 e. The Balaban J connectivity index is 0.00000192. The maximum atomic E-state index is 10.8. The van der Waals surface area contributed by atoms with Crippen LogP contribution in [0.4, 0.5) is 0 Å². The Labute approximate surface area is 174 Å². The molecular weight excluding hydrogens is 374 g/mol. The average molecular weight is 406 g/mol. The molecule has 2 aliphatic carbocycles. The third kappa shape index (κ3) is 2.72. The number of likely N-dealkylation sites (tertiary alicyclic amines) is 1. The van der Waals surface area contributed by atoms with Crippen LogP contribution >= 0.6 is 12.4 Å². The van der Waals surface area contributed by atoms with Gasteiger partial charge in [0.05, 0.1) is 6.61 Å². The summed E-state index contributed by atoms with van der Waals surface area (Å²) in [6.45, 7) is 4.02.